The second-order valence-electron chi connectivity index (χ2n) is 8.46. The molecular formula is C24H32F2O2. The quantitative estimate of drug-likeness (QED) is 0.392. The molecule has 0 atom stereocenters. The maximum absolute atomic E-state index is 13.3. The highest BCUT2D eigenvalue weighted by molar-refractivity contribution is 5.89. The van der Waals surface area contributed by atoms with E-state index < -0.39 is 17.6 Å². The molecule has 0 radical (unpaired) electrons. The summed E-state index contributed by atoms with van der Waals surface area (Å²) in [7, 11) is 0. The number of carbonyl (C=O) groups is 1. The second-order valence-corrected chi connectivity index (χ2v) is 8.46. The SMILES string of the molecule is CCC/C=C/C1CCC(C2CCC(OC(=O)c3ccc(F)c(F)c3)CC2)CC1. The van der Waals surface area contributed by atoms with Crippen molar-refractivity contribution >= 4 is 5.97 Å². The zero-order valence-corrected chi connectivity index (χ0v) is 16.8. The Bertz CT molecular complexity index is 669. The van der Waals surface area contributed by atoms with Crippen LogP contribution in [0.3, 0.4) is 0 Å². The van der Waals surface area contributed by atoms with Crippen LogP contribution in [-0.4, -0.2) is 12.1 Å². The van der Waals surface area contributed by atoms with Crippen molar-refractivity contribution in [2.45, 2.75) is 77.2 Å². The minimum atomic E-state index is -1.02. The summed E-state index contributed by atoms with van der Waals surface area (Å²) in [5, 5.41) is 0. The molecule has 0 unspecified atom stereocenters. The number of hydrogen-bond donors (Lipinski definition) is 0. The van der Waals surface area contributed by atoms with E-state index in [4.69, 9.17) is 4.74 Å². The molecule has 0 bridgehead atoms. The first-order valence-electron chi connectivity index (χ1n) is 10.9. The zero-order valence-electron chi connectivity index (χ0n) is 16.8. The van der Waals surface area contributed by atoms with Crippen LogP contribution in [0.2, 0.25) is 0 Å². The molecule has 2 saturated carbocycles. The van der Waals surface area contributed by atoms with Gasteiger partial charge in [-0.3, -0.25) is 0 Å². The largest absolute Gasteiger partial charge is 0.459 e. The van der Waals surface area contributed by atoms with Gasteiger partial charge in [0, 0.05) is 0 Å². The fraction of sp³-hybridized carbons (Fsp3) is 0.625. The van der Waals surface area contributed by atoms with Gasteiger partial charge in [-0.15, -0.1) is 0 Å². The average Bonchev–Trinajstić information content (AvgIpc) is 2.71. The van der Waals surface area contributed by atoms with E-state index >= 15 is 0 Å². The molecule has 0 aromatic heterocycles. The smallest absolute Gasteiger partial charge is 0.338 e. The molecule has 2 fully saturated rings. The van der Waals surface area contributed by atoms with Gasteiger partial charge in [0.15, 0.2) is 11.6 Å². The Hall–Kier alpha value is -1.71. The first-order chi connectivity index (χ1) is 13.6. The first-order valence-corrected chi connectivity index (χ1v) is 10.9. The summed E-state index contributed by atoms with van der Waals surface area (Å²) in [6, 6.07) is 3.16. The third kappa shape index (κ3) is 5.65. The van der Waals surface area contributed by atoms with E-state index in [0.29, 0.717) is 0 Å². The van der Waals surface area contributed by atoms with Gasteiger partial charge in [-0.05, 0) is 93.7 Å². The molecule has 154 valence electrons. The summed E-state index contributed by atoms with van der Waals surface area (Å²) in [5.74, 6) is -0.221. The Kier molecular flexibility index (Phi) is 7.64. The highest BCUT2D eigenvalue weighted by atomic mass is 19.2. The third-order valence-electron chi connectivity index (χ3n) is 6.49. The average molecular weight is 391 g/mol. The summed E-state index contributed by atoms with van der Waals surface area (Å²) in [5.41, 5.74) is 0.0791. The molecule has 1 aromatic carbocycles. The van der Waals surface area contributed by atoms with Gasteiger partial charge in [-0.25, -0.2) is 13.6 Å². The molecule has 0 heterocycles. The standard InChI is InChI=1S/C24H32F2O2/c1-2-3-4-5-17-6-8-18(9-7-17)19-10-13-21(14-11-19)28-24(27)20-12-15-22(25)23(26)16-20/h4-5,12,15-19,21H,2-3,6-11,13-14H2,1H3/b5-4+. The van der Waals surface area contributed by atoms with Crippen molar-refractivity contribution in [3.8, 4) is 0 Å². The van der Waals surface area contributed by atoms with E-state index in [0.717, 1.165) is 55.6 Å². The molecule has 0 N–H and O–H groups in total. The fourth-order valence-electron chi connectivity index (χ4n) is 4.78. The predicted molar refractivity (Wildman–Crippen MR) is 107 cm³/mol. The number of carbonyl (C=O) groups excluding carboxylic acids is 1. The Morgan fingerprint density at radius 2 is 1.64 bits per heavy atom. The van der Waals surface area contributed by atoms with Crippen molar-refractivity contribution < 1.29 is 18.3 Å². The maximum atomic E-state index is 13.3. The topological polar surface area (TPSA) is 26.3 Å². The third-order valence-corrected chi connectivity index (χ3v) is 6.49. The molecule has 0 saturated heterocycles. The number of halogens is 2. The number of esters is 1. The summed E-state index contributed by atoms with van der Waals surface area (Å²) in [6.07, 6.45) is 16.2. The van der Waals surface area contributed by atoms with Crippen LogP contribution < -0.4 is 0 Å². The van der Waals surface area contributed by atoms with Gasteiger partial charge in [0.05, 0.1) is 5.56 Å². The molecule has 0 amide bonds. The van der Waals surface area contributed by atoms with Crippen LogP contribution in [0.1, 0.15) is 81.5 Å². The van der Waals surface area contributed by atoms with Gasteiger partial charge in [0.2, 0.25) is 0 Å². The van der Waals surface area contributed by atoms with Crippen LogP contribution in [-0.2, 0) is 4.74 Å². The van der Waals surface area contributed by atoms with Gasteiger partial charge in [0.25, 0.3) is 0 Å². The lowest BCUT2D eigenvalue weighted by molar-refractivity contribution is 0.0113. The van der Waals surface area contributed by atoms with Gasteiger partial charge in [-0.2, -0.15) is 0 Å². The van der Waals surface area contributed by atoms with Crippen LogP contribution in [0.4, 0.5) is 8.78 Å². The van der Waals surface area contributed by atoms with E-state index in [9.17, 15) is 13.6 Å². The van der Waals surface area contributed by atoms with Crippen molar-refractivity contribution in [2.24, 2.45) is 17.8 Å². The molecule has 1 aromatic rings. The van der Waals surface area contributed by atoms with Crippen molar-refractivity contribution in [1.29, 1.82) is 0 Å². The van der Waals surface area contributed by atoms with Crippen molar-refractivity contribution in [3.05, 3.63) is 47.5 Å². The van der Waals surface area contributed by atoms with Gasteiger partial charge in [0.1, 0.15) is 6.10 Å². The number of ether oxygens (including phenoxy) is 1. The lowest BCUT2D eigenvalue weighted by Crippen LogP contribution is -2.29. The maximum Gasteiger partial charge on any atom is 0.338 e. The van der Waals surface area contributed by atoms with Crippen LogP contribution in [0, 0.1) is 29.4 Å². The van der Waals surface area contributed by atoms with E-state index in [1.807, 2.05) is 0 Å². The van der Waals surface area contributed by atoms with Crippen LogP contribution in [0.25, 0.3) is 0 Å². The minimum absolute atomic E-state index is 0.0791. The van der Waals surface area contributed by atoms with Gasteiger partial charge < -0.3 is 4.74 Å². The van der Waals surface area contributed by atoms with Crippen molar-refractivity contribution in [3.63, 3.8) is 0 Å². The highest BCUT2D eigenvalue weighted by Crippen LogP contribution is 2.41. The predicted octanol–water partition coefficient (Wildman–Crippen LogP) is 6.84. The Labute approximate surface area is 167 Å². The van der Waals surface area contributed by atoms with Gasteiger partial charge >= 0.3 is 5.97 Å². The van der Waals surface area contributed by atoms with Crippen LogP contribution >= 0.6 is 0 Å². The van der Waals surface area contributed by atoms with Crippen LogP contribution in [0.5, 0.6) is 0 Å². The monoisotopic (exact) mass is 390 g/mol. The second kappa shape index (κ2) is 10.2. The van der Waals surface area contributed by atoms with E-state index in [-0.39, 0.29) is 11.7 Å². The molecule has 2 aliphatic rings. The minimum Gasteiger partial charge on any atom is -0.459 e. The van der Waals surface area contributed by atoms with E-state index in [1.165, 1.54) is 44.6 Å². The fourth-order valence-corrected chi connectivity index (χ4v) is 4.78. The summed E-state index contributed by atoms with van der Waals surface area (Å²) in [6.45, 7) is 2.22. The van der Waals surface area contributed by atoms with Crippen LogP contribution in [0.15, 0.2) is 30.4 Å². The van der Waals surface area contributed by atoms with Crippen molar-refractivity contribution in [2.75, 3.05) is 0 Å². The highest BCUT2D eigenvalue weighted by Gasteiger charge is 2.31. The number of rotatable bonds is 6. The molecular weight excluding hydrogens is 358 g/mol. The summed E-state index contributed by atoms with van der Waals surface area (Å²) in [4.78, 5) is 12.2. The number of hydrogen-bond acceptors (Lipinski definition) is 2. The summed E-state index contributed by atoms with van der Waals surface area (Å²) < 4.78 is 31.9. The lowest BCUT2D eigenvalue weighted by atomic mass is 9.70. The molecule has 4 heteroatoms. The molecule has 0 spiro atoms. The van der Waals surface area contributed by atoms with Crippen molar-refractivity contribution in [1.82, 2.24) is 0 Å². The first kappa shape index (κ1) is 21.0. The molecule has 2 aliphatic carbocycles. The molecule has 2 nitrogen and oxygen atoms in total. The lowest BCUT2D eigenvalue weighted by Gasteiger charge is -2.37. The number of unbranched alkanes of at least 4 members (excludes halogenated alkanes) is 1. The Morgan fingerprint density at radius 1 is 1.00 bits per heavy atom. The molecule has 0 aliphatic heterocycles. The zero-order chi connectivity index (χ0) is 19.9. The van der Waals surface area contributed by atoms with Gasteiger partial charge in [-0.1, -0.05) is 25.5 Å². The Morgan fingerprint density at radius 3 is 2.25 bits per heavy atom. The summed E-state index contributed by atoms with van der Waals surface area (Å²) >= 11 is 0. The Balaban J connectivity index is 1.41. The molecule has 28 heavy (non-hydrogen) atoms. The number of allylic oxidation sites excluding steroid dienone is 2. The molecule has 3 rings (SSSR count). The normalized spacial score (nSPS) is 28.4. The van der Waals surface area contributed by atoms with E-state index in [2.05, 4.69) is 19.1 Å². The van der Waals surface area contributed by atoms with E-state index in [1.54, 1.807) is 0 Å². The number of benzene rings is 1.